The Kier molecular flexibility index (Phi) is 5.28. The summed E-state index contributed by atoms with van der Waals surface area (Å²) in [5.41, 5.74) is 1.36. The monoisotopic (exact) mass is 501 g/mol. The number of tetrazole rings is 1. The van der Waals surface area contributed by atoms with Crippen molar-refractivity contribution in [2.45, 2.75) is 31.8 Å². The Balaban J connectivity index is 1.20. The van der Waals surface area contributed by atoms with E-state index in [9.17, 15) is 14.4 Å². The number of aromatic amines is 1. The molecule has 0 radical (unpaired) electrons. The molecule has 1 saturated heterocycles. The quantitative estimate of drug-likeness (QED) is 0.416. The third-order valence-corrected chi connectivity index (χ3v) is 7.13. The van der Waals surface area contributed by atoms with Crippen LogP contribution in [-0.4, -0.2) is 68.8 Å². The van der Waals surface area contributed by atoms with Crippen molar-refractivity contribution in [3.8, 4) is 22.9 Å². The highest BCUT2D eigenvalue weighted by Gasteiger charge is 2.44. The van der Waals surface area contributed by atoms with Gasteiger partial charge in [0.2, 0.25) is 0 Å². The van der Waals surface area contributed by atoms with Crippen molar-refractivity contribution in [1.82, 2.24) is 25.5 Å². The highest BCUT2D eigenvalue weighted by Crippen LogP contribution is 2.41. The van der Waals surface area contributed by atoms with Gasteiger partial charge in [0.25, 0.3) is 5.91 Å². The van der Waals surface area contributed by atoms with Gasteiger partial charge in [0, 0.05) is 42.4 Å². The molecule has 0 aliphatic carbocycles. The number of amides is 1. The lowest BCUT2D eigenvalue weighted by molar-refractivity contribution is -0.00637. The Morgan fingerprint density at radius 2 is 1.95 bits per heavy atom. The lowest BCUT2D eigenvalue weighted by atomic mass is 9.82. The maximum Gasteiger partial charge on any atom is 0.289 e. The van der Waals surface area contributed by atoms with Gasteiger partial charge < -0.3 is 18.8 Å². The summed E-state index contributed by atoms with van der Waals surface area (Å²) in [5, 5.41) is 14.3. The first-order valence-corrected chi connectivity index (χ1v) is 11.9. The van der Waals surface area contributed by atoms with Gasteiger partial charge >= 0.3 is 0 Å². The molecule has 1 amide bonds. The van der Waals surface area contributed by atoms with Crippen LogP contribution in [0.3, 0.4) is 0 Å². The first-order valence-electron chi connectivity index (χ1n) is 11.9. The van der Waals surface area contributed by atoms with Crippen LogP contribution in [0.4, 0.5) is 0 Å². The molecule has 4 heterocycles. The van der Waals surface area contributed by atoms with Gasteiger partial charge in [-0.25, -0.2) is 5.10 Å². The molecule has 1 fully saturated rings. The second-order valence-electron chi connectivity index (χ2n) is 9.36. The number of ether oxygens (including phenoxy) is 2. The molecule has 0 atom stereocenters. The summed E-state index contributed by atoms with van der Waals surface area (Å²) in [7, 11) is 1.51. The average Bonchev–Trinajstić information content (AvgIpc) is 3.59. The van der Waals surface area contributed by atoms with E-state index in [1.165, 1.54) is 14.0 Å². The van der Waals surface area contributed by atoms with E-state index in [1.807, 2.05) is 0 Å². The van der Waals surface area contributed by atoms with Crippen LogP contribution < -0.4 is 9.47 Å². The number of methoxy groups -OCH3 is 1. The maximum absolute atomic E-state index is 13.3. The molecule has 2 aliphatic heterocycles. The van der Waals surface area contributed by atoms with Crippen LogP contribution in [0, 0.1) is 0 Å². The van der Waals surface area contributed by atoms with Crippen molar-refractivity contribution in [3.63, 3.8) is 0 Å². The predicted octanol–water partition coefficient (Wildman–Crippen LogP) is 3.46. The number of carbonyl (C=O) groups is 3. The fraction of sp³-hybridized carbons (Fsp3) is 0.308. The summed E-state index contributed by atoms with van der Waals surface area (Å²) in [4.78, 5) is 40.2. The predicted molar refractivity (Wildman–Crippen MR) is 130 cm³/mol. The number of furan rings is 1. The summed E-state index contributed by atoms with van der Waals surface area (Å²) in [5.74, 6) is 1.16. The Morgan fingerprint density at radius 3 is 2.65 bits per heavy atom. The summed E-state index contributed by atoms with van der Waals surface area (Å²) in [6.45, 7) is 2.27. The number of nitrogens with zero attached hydrogens (tertiary/aromatic N) is 4. The van der Waals surface area contributed by atoms with Crippen LogP contribution in [0.2, 0.25) is 0 Å². The van der Waals surface area contributed by atoms with Crippen LogP contribution in [0.5, 0.6) is 11.5 Å². The Hall–Kier alpha value is -4.54. The van der Waals surface area contributed by atoms with Gasteiger partial charge in [0.1, 0.15) is 11.4 Å². The number of carbonyl (C=O) groups excluding carboxylic acids is 3. The minimum absolute atomic E-state index is 0.0171. The maximum atomic E-state index is 13.3. The van der Waals surface area contributed by atoms with E-state index in [0.29, 0.717) is 70.9 Å². The number of hydrogen-bond acceptors (Lipinski definition) is 9. The van der Waals surface area contributed by atoms with Crippen LogP contribution >= 0.6 is 0 Å². The zero-order chi connectivity index (χ0) is 25.7. The highest BCUT2D eigenvalue weighted by molar-refractivity contribution is 6.09. The van der Waals surface area contributed by atoms with Crippen molar-refractivity contribution in [2.24, 2.45) is 0 Å². The topological polar surface area (TPSA) is 141 Å². The van der Waals surface area contributed by atoms with Gasteiger partial charge in [0.15, 0.2) is 34.5 Å². The van der Waals surface area contributed by atoms with E-state index < -0.39 is 5.60 Å². The molecule has 4 aromatic rings. The minimum atomic E-state index is -0.672. The van der Waals surface area contributed by atoms with E-state index in [0.717, 1.165) is 0 Å². The van der Waals surface area contributed by atoms with Crippen molar-refractivity contribution in [1.29, 1.82) is 0 Å². The van der Waals surface area contributed by atoms with Crippen LogP contribution in [0.1, 0.15) is 57.5 Å². The number of ketones is 2. The molecule has 2 aromatic heterocycles. The molecule has 1 N–H and O–H groups in total. The Labute approximate surface area is 210 Å². The van der Waals surface area contributed by atoms with Crippen molar-refractivity contribution < 1.29 is 28.3 Å². The largest absolute Gasteiger partial charge is 0.493 e. The lowest BCUT2D eigenvalue weighted by Crippen LogP contribution is -2.52. The van der Waals surface area contributed by atoms with Gasteiger partial charge in [0.05, 0.1) is 19.1 Å². The first-order chi connectivity index (χ1) is 17.9. The number of H-pyrrole nitrogens is 1. The van der Waals surface area contributed by atoms with E-state index >= 15 is 0 Å². The third kappa shape index (κ3) is 3.83. The zero-order valence-electron chi connectivity index (χ0n) is 20.2. The number of nitrogens with one attached hydrogen (secondary N) is 1. The molecule has 11 heteroatoms. The number of likely N-dealkylation sites (tertiary alicyclic amines) is 1. The second kappa shape index (κ2) is 8.54. The van der Waals surface area contributed by atoms with Gasteiger partial charge in [-0.3, -0.25) is 14.4 Å². The molecule has 0 saturated carbocycles. The molecular weight excluding hydrogens is 478 g/mol. The normalized spacial score (nSPS) is 16.5. The molecule has 2 aromatic carbocycles. The van der Waals surface area contributed by atoms with Crippen LogP contribution in [-0.2, 0) is 0 Å². The lowest BCUT2D eigenvalue weighted by Gasteiger charge is -2.43. The Morgan fingerprint density at radius 1 is 1.14 bits per heavy atom. The number of fused-ring (bicyclic) bond motifs is 2. The van der Waals surface area contributed by atoms with E-state index in [2.05, 4.69) is 20.6 Å². The molecule has 188 valence electrons. The zero-order valence-corrected chi connectivity index (χ0v) is 20.2. The Bertz CT molecular complexity index is 1550. The van der Waals surface area contributed by atoms with Gasteiger partial charge in [-0.2, -0.15) is 0 Å². The fourth-order valence-corrected chi connectivity index (χ4v) is 5.15. The first kappa shape index (κ1) is 22.9. The average molecular weight is 501 g/mol. The number of rotatable bonds is 4. The molecular formula is C26H23N5O6. The summed E-state index contributed by atoms with van der Waals surface area (Å²) >= 11 is 0. The van der Waals surface area contributed by atoms with Crippen molar-refractivity contribution in [2.75, 3.05) is 20.2 Å². The smallest absolute Gasteiger partial charge is 0.289 e. The van der Waals surface area contributed by atoms with Gasteiger partial charge in [-0.15, -0.1) is 5.10 Å². The third-order valence-electron chi connectivity index (χ3n) is 7.13. The van der Waals surface area contributed by atoms with E-state index in [1.54, 1.807) is 41.3 Å². The molecule has 0 unspecified atom stereocenters. The summed E-state index contributed by atoms with van der Waals surface area (Å²) in [6.07, 6.45) is 1.23. The molecule has 11 nitrogen and oxygen atoms in total. The van der Waals surface area contributed by atoms with E-state index in [4.69, 9.17) is 13.9 Å². The standard InChI is InChI=1S/C26H23N5O6/c1-14(32)16-4-6-21(35-2)23-17(16)12-22(36-23)25(34)31-9-7-26(8-10-31)13-19(33)18-11-15(3-5-20(18)37-26)24-27-29-30-28-24/h3-6,11-12H,7-10,13H2,1-2H3,(H,27,28,29,30). The second-order valence-corrected chi connectivity index (χ2v) is 9.36. The molecule has 6 rings (SSSR count). The van der Waals surface area contributed by atoms with Crippen LogP contribution in [0.15, 0.2) is 40.8 Å². The van der Waals surface area contributed by atoms with Gasteiger partial charge in [-0.1, -0.05) is 0 Å². The molecule has 37 heavy (non-hydrogen) atoms. The fourth-order valence-electron chi connectivity index (χ4n) is 5.15. The molecule has 2 aliphatic rings. The summed E-state index contributed by atoms with van der Waals surface area (Å²) in [6, 6.07) is 10.2. The van der Waals surface area contributed by atoms with Crippen molar-refractivity contribution >= 4 is 28.4 Å². The SMILES string of the molecule is COc1ccc(C(C)=O)c2cc(C(=O)N3CCC4(CC3)CC(=O)c3cc(-c5nnn[nH]5)ccc3O4)oc12. The number of piperidine rings is 1. The number of hydrogen-bond donors (Lipinski definition) is 1. The number of aromatic nitrogens is 4. The highest BCUT2D eigenvalue weighted by atomic mass is 16.5. The van der Waals surface area contributed by atoms with Gasteiger partial charge in [-0.05, 0) is 53.7 Å². The summed E-state index contributed by atoms with van der Waals surface area (Å²) < 4.78 is 17.6. The van der Waals surface area contributed by atoms with Crippen molar-refractivity contribution in [3.05, 3.63) is 53.3 Å². The van der Waals surface area contributed by atoms with Crippen LogP contribution in [0.25, 0.3) is 22.4 Å². The van der Waals surface area contributed by atoms with E-state index in [-0.39, 0.29) is 29.7 Å². The minimum Gasteiger partial charge on any atom is -0.493 e. The molecule has 1 spiro atoms. The number of Topliss-reactive ketones (excluding diaryl/α,β-unsaturated/α-hetero) is 2. The molecule has 0 bridgehead atoms. The number of benzene rings is 2.